The van der Waals surface area contributed by atoms with Gasteiger partial charge in [-0.3, -0.25) is 0 Å². The lowest BCUT2D eigenvalue weighted by molar-refractivity contribution is -0.274. The summed E-state index contributed by atoms with van der Waals surface area (Å²) in [5.41, 5.74) is 1.11. The number of allylic oxidation sites excluding steroid dienone is 6. The van der Waals surface area contributed by atoms with Gasteiger partial charge in [0.1, 0.15) is 5.75 Å². The van der Waals surface area contributed by atoms with Crippen LogP contribution in [0.5, 0.6) is 5.75 Å². The summed E-state index contributed by atoms with van der Waals surface area (Å²) in [6, 6.07) is 8.39. The number of halogens is 3. The molecule has 2 fully saturated rings. The van der Waals surface area contributed by atoms with Crippen molar-refractivity contribution in [2.24, 2.45) is 17.8 Å². The first-order chi connectivity index (χ1) is 15.9. The molecule has 0 unspecified atom stereocenters. The Morgan fingerprint density at radius 1 is 0.879 bits per heavy atom. The Morgan fingerprint density at radius 2 is 1.48 bits per heavy atom. The van der Waals surface area contributed by atoms with E-state index < -0.39 is 6.36 Å². The van der Waals surface area contributed by atoms with Gasteiger partial charge in [-0.2, -0.15) is 5.26 Å². The molecule has 0 saturated heterocycles. The molecule has 0 heterocycles. The van der Waals surface area contributed by atoms with E-state index in [4.69, 9.17) is 5.26 Å². The molecule has 0 N–H and O–H groups in total. The molecule has 1 aromatic rings. The number of rotatable bonds is 8. The number of hydrogen-bond donors (Lipinski definition) is 0. The standard InChI is InChI=1S/C28H34F3NO/c29-28(30,31)33-27-19-17-26(18-20-27)25-15-13-24(14-16-25)12-11-23-9-7-22(8-10-23)6-4-2-1-3-5-21-32/h1-3,5,11-12,17-20,22-25H,4,6-10,13-16H2/b2-1?,5-3?,12-11+. The molecule has 33 heavy (non-hydrogen) atoms. The van der Waals surface area contributed by atoms with E-state index in [1.165, 1.54) is 50.3 Å². The molecule has 3 rings (SSSR count). The zero-order valence-corrected chi connectivity index (χ0v) is 19.1. The topological polar surface area (TPSA) is 33.0 Å². The van der Waals surface area contributed by atoms with Crippen LogP contribution >= 0.6 is 0 Å². The maximum Gasteiger partial charge on any atom is 0.573 e. The van der Waals surface area contributed by atoms with E-state index in [0.29, 0.717) is 17.8 Å². The molecule has 5 heteroatoms. The summed E-state index contributed by atoms with van der Waals surface area (Å²) < 4.78 is 40.9. The third kappa shape index (κ3) is 9.12. The van der Waals surface area contributed by atoms with Crippen molar-refractivity contribution in [2.75, 3.05) is 0 Å². The SMILES string of the molecule is N#CC=CC=CCCC1CCC(/C=C/C2CCC(c3ccc(OC(F)(F)F)cc3)CC2)CC1. The van der Waals surface area contributed by atoms with Gasteiger partial charge in [0.15, 0.2) is 0 Å². The van der Waals surface area contributed by atoms with E-state index >= 15 is 0 Å². The number of alkyl halides is 3. The second-order valence-corrected chi connectivity index (χ2v) is 9.39. The lowest BCUT2D eigenvalue weighted by atomic mass is 9.77. The zero-order chi connectivity index (χ0) is 23.5. The molecule has 2 nitrogen and oxygen atoms in total. The van der Waals surface area contributed by atoms with Crippen molar-refractivity contribution in [3.05, 3.63) is 66.3 Å². The summed E-state index contributed by atoms with van der Waals surface area (Å²) in [5.74, 6) is 2.42. The van der Waals surface area contributed by atoms with Crippen LogP contribution in [0.15, 0.2) is 60.7 Å². The number of ether oxygens (including phenoxy) is 1. The normalized spacial score (nSPS) is 26.7. The second-order valence-electron chi connectivity index (χ2n) is 9.39. The van der Waals surface area contributed by atoms with Crippen molar-refractivity contribution in [3.8, 4) is 11.8 Å². The van der Waals surface area contributed by atoms with Gasteiger partial charge in [0.2, 0.25) is 0 Å². The molecule has 0 atom stereocenters. The fourth-order valence-corrected chi connectivity index (χ4v) is 5.18. The van der Waals surface area contributed by atoms with Crippen LogP contribution in [0.4, 0.5) is 13.2 Å². The predicted octanol–water partition coefficient (Wildman–Crippen LogP) is 8.64. The third-order valence-electron chi connectivity index (χ3n) is 7.06. The fraction of sp³-hybridized carbons (Fsp3) is 0.536. The summed E-state index contributed by atoms with van der Waals surface area (Å²) in [5, 5.41) is 8.47. The Labute approximate surface area is 195 Å². The van der Waals surface area contributed by atoms with Gasteiger partial charge in [-0.25, -0.2) is 0 Å². The Hall–Kier alpha value is -2.48. The highest BCUT2D eigenvalue weighted by molar-refractivity contribution is 5.30. The number of nitrogens with zero attached hydrogens (tertiary/aromatic N) is 1. The average molecular weight is 458 g/mol. The van der Waals surface area contributed by atoms with Crippen LogP contribution < -0.4 is 4.74 Å². The summed E-state index contributed by atoms with van der Waals surface area (Å²) in [7, 11) is 0. The summed E-state index contributed by atoms with van der Waals surface area (Å²) in [6.07, 6.45) is 19.6. The molecule has 2 saturated carbocycles. The lowest BCUT2D eigenvalue weighted by Gasteiger charge is -2.29. The summed E-state index contributed by atoms with van der Waals surface area (Å²) >= 11 is 0. The van der Waals surface area contributed by atoms with E-state index in [2.05, 4.69) is 23.0 Å². The fourth-order valence-electron chi connectivity index (χ4n) is 5.18. The van der Waals surface area contributed by atoms with Gasteiger partial charge in [-0.15, -0.1) is 13.2 Å². The number of benzene rings is 1. The monoisotopic (exact) mass is 457 g/mol. The van der Waals surface area contributed by atoms with Crippen LogP contribution in [0.25, 0.3) is 0 Å². The highest BCUT2D eigenvalue weighted by Crippen LogP contribution is 2.38. The lowest BCUT2D eigenvalue weighted by Crippen LogP contribution is -2.17. The zero-order valence-electron chi connectivity index (χ0n) is 19.1. The largest absolute Gasteiger partial charge is 0.573 e. The minimum absolute atomic E-state index is 0.151. The molecule has 2 aliphatic carbocycles. The summed E-state index contributed by atoms with van der Waals surface area (Å²) in [6.45, 7) is 0. The van der Waals surface area contributed by atoms with Crippen molar-refractivity contribution >= 4 is 0 Å². The van der Waals surface area contributed by atoms with Gasteiger partial charge in [-0.1, -0.05) is 42.5 Å². The first-order valence-electron chi connectivity index (χ1n) is 12.2. The molecule has 0 aliphatic heterocycles. The van der Waals surface area contributed by atoms with Crippen molar-refractivity contribution in [1.29, 1.82) is 5.26 Å². The quantitative estimate of drug-likeness (QED) is 0.222. The highest BCUT2D eigenvalue weighted by Gasteiger charge is 2.31. The van der Waals surface area contributed by atoms with E-state index in [-0.39, 0.29) is 5.75 Å². The van der Waals surface area contributed by atoms with Gasteiger partial charge >= 0.3 is 6.36 Å². The van der Waals surface area contributed by atoms with Crippen LogP contribution in [0.2, 0.25) is 0 Å². The number of hydrogen-bond acceptors (Lipinski definition) is 2. The predicted molar refractivity (Wildman–Crippen MR) is 126 cm³/mol. The maximum absolute atomic E-state index is 12.3. The molecule has 0 bridgehead atoms. The molecule has 1 aromatic carbocycles. The van der Waals surface area contributed by atoms with Gasteiger partial charge in [0.05, 0.1) is 6.07 Å². The van der Waals surface area contributed by atoms with Crippen LogP contribution in [-0.2, 0) is 0 Å². The van der Waals surface area contributed by atoms with E-state index in [1.807, 2.05) is 12.1 Å². The number of nitriles is 1. The van der Waals surface area contributed by atoms with E-state index in [0.717, 1.165) is 43.6 Å². The van der Waals surface area contributed by atoms with Gasteiger partial charge in [0.25, 0.3) is 0 Å². The average Bonchev–Trinajstić information content (AvgIpc) is 2.81. The molecule has 178 valence electrons. The Morgan fingerprint density at radius 3 is 2.06 bits per heavy atom. The van der Waals surface area contributed by atoms with Crippen molar-refractivity contribution < 1.29 is 17.9 Å². The Kier molecular flexibility index (Phi) is 9.66. The minimum atomic E-state index is -4.64. The van der Waals surface area contributed by atoms with Crippen LogP contribution in [0.1, 0.15) is 75.7 Å². The van der Waals surface area contributed by atoms with Crippen molar-refractivity contribution in [3.63, 3.8) is 0 Å². The molecule has 0 spiro atoms. The van der Waals surface area contributed by atoms with Crippen molar-refractivity contribution in [2.45, 2.75) is 76.5 Å². The van der Waals surface area contributed by atoms with Gasteiger partial charge < -0.3 is 4.74 Å². The summed E-state index contributed by atoms with van der Waals surface area (Å²) in [4.78, 5) is 0. The van der Waals surface area contributed by atoms with Crippen LogP contribution in [-0.4, -0.2) is 6.36 Å². The first-order valence-corrected chi connectivity index (χ1v) is 12.2. The second kappa shape index (κ2) is 12.7. The highest BCUT2D eigenvalue weighted by atomic mass is 19.4. The van der Waals surface area contributed by atoms with Gasteiger partial charge in [-0.05, 0) is 106 Å². The molecule has 0 aromatic heterocycles. The third-order valence-corrected chi connectivity index (χ3v) is 7.06. The van der Waals surface area contributed by atoms with Gasteiger partial charge in [0, 0.05) is 6.08 Å². The van der Waals surface area contributed by atoms with E-state index in [9.17, 15) is 13.2 Å². The molecular formula is C28H34F3NO. The maximum atomic E-state index is 12.3. The molecular weight excluding hydrogens is 423 g/mol. The molecule has 0 amide bonds. The minimum Gasteiger partial charge on any atom is -0.406 e. The smallest absolute Gasteiger partial charge is 0.406 e. The Bertz CT molecular complexity index is 831. The Balaban J connectivity index is 1.34. The molecule has 0 radical (unpaired) electrons. The van der Waals surface area contributed by atoms with Crippen LogP contribution in [0.3, 0.4) is 0 Å². The van der Waals surface area contributed by atoms with Crippen molar-refractivity contribution in [1.82, 2.24) is 0 Å². The first kappa shape index (κ1) is 25.1. The van der Waals surface area contributed by atoms with E-state index in [1.54, 1.807) is 18.2 Å². The van der Waals surface area contributed by atoms with Crippen LogP contribution in [0, 0.1) is 29.1 Å². The molecule has 2 aliphatic rings.